The van der Waals surface area contributed by atoms with Crippen molar-refractivity contribution < 1.29 is 19.1 Å². The minimum Gasteiger partial charge on any atom is -0.456 e. The minimum atomic E-state index is -0.646. The molecule has 132 valence electrons. The van der Waals surface area contributed by atoms with Crippen LogP contribution in [0, 0.1) is 0 Å². The number of carbonyl (C=O) groups is 2. The van der Waals surface area contributed by atoms with Gasteiger partial charge in [-0.2, -0.15) is 0 Å². The first-order chi connectivity index (χ1) is 12.6. The quantitative estimate of drug-likeness (QED) is 0.580. The van der Waals surface area contributed by atoms with Gasteiger partial charge in [0.1, 0.15) is 17.1 Å². The van der Waals surface area contributed by atoms with Crippen LogP contribution in [-0.2, 0) is 9.53 Å². The number of esters is 1. The van der Waals surface area contributed by atoms with Gasteiger partial charge in [-0.05, 0) is 40.2 Å². The Morgan fingerprint density at radius 3 is 2.54 bits per heavy atom. The van der Waals surface area contributed by atoms with Crippen molar-refractivity contribution in [3.05, 3.63) is 70.1 Å². The molecule has 1 amide bonds. The number of thiazole rings is 1. The van der Waals surface area contributed by atoms with Gasteiger partial charge in [0.05, 0.1) is 9.98 Å². The minimum absolute atomic E-state index is 0.237. The highest BCUT2D eigenvalue weighted by Gasteiger charge is 2.16. The summed E-state index contributed by atoms with van der Waals surface area (Å²) in [4.78, 5) is 28.2. The smallest absolute Gasteiger partial charge is 0.342 e. The van der Waals surface area contributed by atoms with Gasteiger partial charge in [-0.3, -0.25) is 10.1 Å². The van der Waals surface area contributed by atoms with Crippen LogP contribution in [0.5, 0.6) is 11.5 Å². The van der Waals surface area contributed by atoms with Crippen LogP contribution < -0.4 is 10.1 Å². The zero-order valence-electron chi connectivity index (χ0n) is 13.3. The highest BCUT2D eigenvalue weighted by atomic mass is 79.9. The maximum Gasteiger partial charge on any atom is 0.342 e. The van der Waals surface area contributed by atoms with E-state index in [0.29, 0.717) is 16.6 Å². The van der Waals surface area contributed by atoms with Crippen molar-refractivity contribution in [3.8, 4) is 11.5 Å². The van der Waals surface area contributed by atoms with Crippen LogP contribution in [0.4, 0.5) is 5.13 Å². The van der Waals surface area contributed by atoms with Gasteiger partial charge >= 0.3 is 5.97 Å². The fraction of sp³-hybridized carbons (Fsp3) is 0.0556. The van der Waals surface area contributed by atoms with Crippen molar-refractivity contribution in [1.82, 2.24) is 4.98 Å². The van der Waals surface area contributed by atoms with Gasteiger partial charge in [0.15, 0.2) is 11.7 Å². The number of hydrogen-bond donors (Lipinski definition) is 1. The van der Waals surface area contributed by atoms with Gasteiger partial charge in [0.2, 0.25) is 0 Å². The van der Waals surface area contributed by atoms with E-state index in [4.69, 9.17) is 9.47 Å². The number of amides is 1. The van der Waals surface area contributed by atoms with Crippen molar-refractivity contribution in [2.45, 2.75) is 0 Å². The number of nitrogens with one attached hydrogen (secondary N) is 1. The molecule has 0 saturated carbocycles. The third kappa shape index (κ3) is 4.90. The van der Waals surface area contributed by atoms with E-state index in [1.54, 1.807) is 42.6 Å². The lowest BCUT2D eigenvalue weighted by Crippen LogP contribution is -2.21. The van der Waals surface area contributed by atoms with Gasteiger partial charge in [0.25, 0.3) is 5.91 Å². The van der Waals surface area contributed by atoms with Gasteiger partial charge in [-0.25, -0.2) is 9.78 Å². The van der Waals surface area contributed by atoms with E-state index in [0.717, 1.165) is 3.79 Å². The molecular weight excluding hydrogens is 420 g/mol. The SMILES string of the molecule is O=C(COC(=O)c1ccccc1Oc1ccccc1)Nc1ncc(Br)s1. The summed E-state index contributed by atoms with van der Waals surface area (Å²) in [5.74, 6) is -0.165. The third-order valence-corrected chi connectivity index (χ3v) is 4.53. The standard InChI is InChI=1S/C18H13BrN2O4S/c19-15-10-20-18(26-15)21-16(22)11-24-17(23)13-8-4-5-9-14(13)25-12-6-2-1-3-7-12/h1-10H,11H2,(H,20,21,22). The number of rotatable bonds is 6. The summed E-state index contributed by atoms with van der Waals surface area (Å²) < 4.78 is 11.6. The van der Waals surface area contributed by atoms with E-state index < -0.39 is 18.5 Å². The summed E-state index contributed by atoms with van der Waals surface area (Å²) in [6, 6.07) is 15.8. The Bertz CT molecular complexity index is 914. The summed E-state index contributed by atoms with van der Waals surface area (Å²) in [6.07, 6.45) is 1.57. The molecule has 0 bridgehead atoms. The van der Waals surface area contributed by atoms with E-state index >= 15 is 0 Å². The Morgan fingerprint density at radius 2 is 1.81 bits per heavy atom. The van der Waals surface area contributed by atoms with Gasteiger partial charge in [0, 0.05) is 0 Å². The average molecular weight is 433 g/mol. The summed E-state index contributed by atoms with van der Waals surface area (Å²) in [6.45, 7) is -0.421. The molecule has 0 spiro atoms. The molecule has 0 atom stereocenters. The largest absolute Gasteiger partial charge is 0.456 e. The number of anilines is 1. The Labute approximate surface area is 161 Å². The van der Waals surface area contributed by atoms with E-state index in [-0.39, 0.29) is 5.56 Å². The molecule has 0 aliphatic heterocycles. The predicted molar refractivity (Wildman–Crippen MR) is 102 cm³/mol. The summed E-state index contributed by atoms with van der Waals surface area (Å²) in [5.41, 5.74) is 0.237. The Morgan fingerprint density at radius 1 is 1.08 bits per heavy atom. The van der Waals surface area contributed by atoms with Crippen molar-refractivity contribution in [2.75, 3.05) is 11.9 Å². The Balaban J connectivity index is 1.62. The van der Waals surface area contributed by atoms with Crippen molar-refractivity contribution in [3.63, 3.8) is 0 Å². The lowest BCUT2D eigenvalue weighted by atomic mass is 10.2. The van der Waals surface area contributed by atoms with Crippen molar-refractivity contribution >= 4 is 44.3 Å². The second kappa shape index (κ2) is 8.59. The van der Waals surface area contributed by atoms with Crippen molar-refractivity contribution in [1.29, 1.82) is 0 Å². The molecule has 0 aliphatic rings. The van der Waals surface area contributed by atoms with Crippen LogP contribution in [0.15, 0.2) is 64.6 Å². The van der Waals surface area contributed by atoms with Crippen LogP contribution in [-0.4, -0.2) is 23.5 Å². The maximum atomic E-state index is 12.3. The van der Waals surface area contributed by atoms with Crippen LogP contribution in [0.3, 0.4) is 0 Å². The number of hydrogen-bond acceptors (Lipinski definition) is 6. The third-order valence-electron chi connectivity index (χ3n) is 3.14. The molecular formula is C18H13BrN2O4S. The van der Waals surface area contributed by atoms with E-state index in [9.17, 15) is 9.59 Å². The number of halogens is 1. The monoisotopic (exact) mass is 432 g/mol. The number of ether oxygens (including phenoxy) is 2. The van der Waals surface area contributed by atoms with E-state index in [2.05, 4.69) is 26.2 Å². The second-order valence-corrected chi connectivity index (χ2v) is 7.41. The van der Waals surface area contributed by atoms with Crippen LogP contribution in [0.25, 0.3) is 0 Å². The fourth-order valence-corrected chi connectivity index (χ4v) is 3.14. The Hall–Kier alpha value is -2.71. The normalized spacial score (nSPS) is 10.2. The average Bonchev–Trinajstić information content (AvgIpc) is 3.06. The second-order valence-electron chi connectivity index (χ2n) is 5.01. The lowest BCUT2D eigenvalue weighted by Gasteiger charge is -2.10. The summed E-state index contributed by atoms with van der Waals surface area (Å²) in [5, 5.41) is 2.98. The van der Waals surface area contributed by atoms with Gasteiger partial charge in [-0.15, -0.1) is 0 Å². The van der Waals surface area contributed by atoms with Crippen LogP contribution >= 0.6 is 27.3 Å². The topological polar surface area (TPSA) is 77.5 Å². The van der Waals surface area contributed by atoms with Crippen molar-refractivity contribution in [2.24, 2.45) is 0 Å². The highest BCUT2D eigenvalue weighted by Crippen LogP contribution is 2.26. The highest BCUT2D eigenvalue weighted by molar-refractivity contribution is 9.11. The first-order valence-electron chi connectivity index (χ1n) is 7.52. The molecule has 0 fully saturated rings. The molecule has 0 saturated heterocycles. The summed E-state index contributed by atoms with van der Waals surface area (Å²) >= 11 is 4.52. The molecule has 0 radical (unpaired) electrons. The molecule has 1 heterocycles. The zero-order valence-corrected chi connectivity index (χ0v) is 15.7. The first-order valence-corrected chi connectivity index (χ1v) is 9.13. The number of aromatic nitrogens is 1. The molecule has 3 rings (SSSR count). The lowest BCUT2D eigenvalue weighted by molar-refractivity contribution is -0.119. The number of nitrogens with zero attached hydrogens (tertiary/aromatic N) is 1. The maximum absolute atomic E-state index is 12.3. The molecule has 3 aromatic rings. The van der Waals surface area contributed by atoms with Gasteiger partial charge in [-0.1, -0.05) is 41.7 Å². The van der Waals surface area contributed by atoms with Crippen LogP contribution in [0.2, 0.25) is 0 Å². The fourth-order valence-electron chi connectivity index (χ4n) is 2.02. The van der Waals surface area contributed by atoms with E-state index in [1.165, 1.54) is 11.3 Å². The summed E-state index contributed by atoms with van der Waals surface area (Å²) in [7, 11) is 0. The number of benzene rings is 2. The first kappa shape index (κ1) is 18.1. The molecule has 1 aromatic heterocycles. The molecule has 26 heavy (non-hydrogen) atoms. The molecule has 2 aromatic carbocycles. The number of para-hydroxylation sites is 2. The van der Waals surface area contributed by atoms with Crippen LogP contribution in [0.1, 0.15) is 10.4 Å². The predicted octanol–water partition coefficient (Wildman–Crippen LogP) is 4.49. The van der Waals surface area contributed by atoms with E-state index in [1.807, 2.05) is 18.2 Å². The molecule has 6 nitrogen and oxygen atoms in total. The zero-order chi connectivity index (χ0) is 18.4. The molecule has 0 unspecified atom stereocenters. The van der Waals surface area contributed by atoms with Gasteiger partial charge < -0.3 is 9.47 Å². The number of carbonyl (C=O) groups excluding carboxylic acids is 2. The molecule has 8 heteroatoms. The molecule has 1 N–H and O–H groups in total. The molecule has 0 aliphatic carbocycles. The Kier molecular flexibility index (Phi) is 5.98.